The highest BCUT2D eigenvalue weighted by Crippen LogP contribution is 2.34. The van der Waals surface area contributed by atoms with Crippen LogP contribution in [0.3, 0.4) is 0 Å². The molecule has 1 amide bonds. The third kappa shape index (κ3) is 4.28. The number of nitrogens with zero attached hydrogens (tertiary/aromatic N) is 1. The summed E-state index contributed by atoms with van der Waals surface area (Å²) in [5, 5.41) is 2.63. The molecule has 2 aromatic rings. The number of carbonyl (C=O) groups excluding carboxylic acids is 2. The van der Waals surface area contributed by atoms with Crippen LogP contribution in [-0.4, -0.2) is 39.2 Å². The van der Waals surface area contributed by atoms with Gasteiger partial charge in [0.1, 0.15) is 0 Å². The lowest BCUT2D eigenvalue weighted by atomic mass is 10.1. The lowest BCUT2D eigenvalue weighted by molar-refractivity contribution is -0.119. The van der Waals surface area contributed by atoms with Crippen molar-refractivity contribution < 1.29 is 22.7 Å². The van der Waals surface area contributed by atoms with E-state index in [1.165, 1.54) is 10.4 Å². The van der Waals surface area contributed by atoms with Gasteiger partial charge in [-0.1, -0.05) is 18.2 Å². The van der Waals surface area contributed by atoms with E-state index < -0.39 is 28.5 Å². The number of ether oxygens (including phenoxy) is 1. The van der Waals surface area contributed by atoms with Gasteiger partial charge in [0.2, 0.25) is 10.0 Å². The molecule has 0 saturated carbocycles. The Balaban J connectivity index is 1.65. The van der Waals surface area contributed by atoms with Crippen molar-refractivity contribution in [2.45, 2.75) is 19.4 Å². The van der Waals surface area contributed by atoms with Gasteiger partial charge in [-0.05, 0) is 49.2 Å². The molecule has 3 rings (SSSR count). The fourth-order valence-corrected chi connectivity index (χ4v) is 4.43. The number of esters is 1. The van der Waals surface area contributed by atoms with Gasteiger partial charge in [-0.15, -0.1) is 0 Å². The van der Waals surface area contributed by atoms with E-state index in [0.717, 1.165) is 11.8 Å². The topological polar surface area (TPSA) is 92.8 Å². The van der Waals surface area contributed by atoms with Crippen LogP contribution in [0.2, 0.25) is 0 Å². The van der Waals surface area contributed by atoms with Gasteiger partial charge in [-0.25, -0.2) is 13.2 Å². The monoisotopic (exact) mass is 388 g/mol. The number of rotatable bonds is 5. The third-order valence-electron chi connectivity index (χ3n) is 4.22. The van der Waals surface area contributed by atoms with Gasteiger partial charge in [-0.3, -0.25) is 9.10 Å². The summed E-state index contributed by atoms with van der Waals surface area (Å²) < 4.78 is 30.3. The maximum atomic E-state index is 12.2. The second-order valence-corrected chi connectivity index (χ2v) is 8.31. The number of anilines is 2. The maximum Gasteiger partial charge on any atom is 0.338 e. The molecule has 1 heterocycles. The van der Waals surface area contributed by atoms with E-state index in [-0.39, 0.29) is 11.6 Å². The largest absolute Gasteiger partial charge is 0.452 e. The summed E-state index contributed by atoms with van der Waals surface area (Å²) >= 11 is 0. The van der Waals surface area contributed by atoms with Gasteiger partial charge in [0.15, 0.2) is 6.61 Å². The van der Waals surface area contributed by atoms with Gasteiger partial charge >= 0.3 is 5.97 Å². The molecule has 27 heavy (non-hydrogen) atoms. The summed E-state index contributed by atoms with van der Waals surface area (Å²) in [4.78, 5) is 24.1. The molecule has 0 aromatic heterocycles. The number of hydrogen-bond donors (Lipinski definition) is 1. The highest BCUT2D eigenvalue weighted by atomic mass is 32.2. The predicted molar refractivity (Wildman–Crippen MR) is 102 cm³/mol. The molecular weight excluding hydrogens is 368 g/mol. The van der Waals surface area contributed by atoms with Crippen molar-refractivity contribution in [3.05, 3.63) is 59.7 Å². The molecule has 1 N–H and O–H groups in total. The molecule has 0 fully saturated rings. The standard InChI is InChI=1S/C19H20N2O5S/c1-13-10-15-11-14(8-9-17(15)21(13)27(2,24)25)19(23)26-12-18(22)20-16-6-4-3-5-7-16/h3-9,11,13H,10,12H2,1-2H3,(H,20,22)/t13-/m0/s1. The smallest absolute Gasteiger partial charge is 0.338 e. The van der Waals surface area contributed by atoms with Crippen molar-refractivity contribution in [1.29, 1.82) is 0 Å². The minimum absolute atomic E-state index is 0.210. The molecule has 142 valence electrons. The molecule has 1 aliphatic heterocycles. The fourth-order valence-electron chi connectivity index (χ4n) is 3.17. The van der Waals surface area contributed by atoms with E-state index in [1.807, 2.05) is 13.0 Å². The van der Waals surface area contributed by atoms with Crippen LogP contribution in [0.25, 0.3) is 0 Å². The third-order valence-corrected chi connectivity index (χ3v) is 5.49. The highest BCUT2D eigenvalue weighted by Gasteiger charge is 2.32. The van der Waals surface area contributed by atoms with Crippen molar-refractivity contribution in [3.8, 4) is 0 Å². The Morgan fingerprint density at radius 1 is 1.19 bits per heavy atom. The van der Waals surface area contributed by atoms with Crippen molar-refractivity contribution >= 4 is 33.3 Å². The first-order chi connectivity index (χ1) is 12.8. The van der Waals surface area contributed by atoms with Crippen molar-refractivity contribution in [1.82, 2.24) is 0 Å². The Bertz CT molecular complexity index is 973. The molecule has 7 nitrogen and oxygen atoms in total. The first kappa shape index (κ1) is 18.9. The minimum atomic E-state index is -3.39. The zero-order valence-electron chi connectivity index (χ0n) is 15.0. The Morgan fingerprint density at radius 3 is 2.56 bits per heavy atom. The van der Waals surface area contributed by atoms with E-state index in [1.54, 1.807) is 36.4 Å². The van der Waals surface area contributed by atoms with Crippen molar-refractivity contribution in [2.75, 3.05) is 22.5 Å². The van der Waals surface area contributed by atoms with Crippen LogP contribution < -0.4 is 9.62 Å². The fraction of sp³-hybridized carbons (Fsp3) is 0.263. The van der Waals surface area contributed by atoms with E-state index in [0.29, 0.717) is 17.8 Å². The predicted octanol–water partition coefficient (Wildman–Crippen LogP) is 2.19. The maximum absolute atomic E-state index is 12.2. The zero-order chi connectivity index (χ0) is 19.6. The second kappa shape index (κ2) is 7.40. The molecule has 0 radical (unpaired) electrons. The average Bonchev–Trinajstić information content (AvgIpc) is 2.95. The first-order valence-electron chi connectivity index (χ1n) is 8.40. The molecule has 0 spiro atoms. The molecule has 8 heteroatoms. The van der Waals surface area contributed by atoms with Crippen molar-refractivity contribution in [3.63, 3.8) is 0 Å². The normalized spacial score (nSPS) is 15.9. The Hall–Kier alpha value is -2.87. The van der Waals surface area contributed by atoms with Gasteiger partial charge < -0.3 is 10.1 Å². The molecule has 0 aliphatic carbocycles. The molecular formula is C19H20N2O5S. The minimum Gasteiger partial charge on any atom is -0.452 e. The lowest BCUT2D eigenvalue weighted by Gasteiger charge is -2.21. The number of fused-ring (bicyclic) bond motifs is 1. The van der Waals surface area contributed by atoms with E-state index in [2.05, 4.69) is 5.32 Å². The van der Waals surface area contributed by atoms with Crippen molar-refractivity contribution in [2.24, 2.45) is 0 Å². The Morgan fingerprint density at radius 2 is 1.89 bits per heavy atom. The highest BCUT2D eigenvalue weighted by molar-refractivity contribution is 7.92. The van der Waals surface area contributed by atoms with Crippen LogP contribution in [0.1, 0.15) is 22.8 Å². The van der Waals surface area contributed by atoms with Crippen LogP contribution >= 0.6 is 0 Å². The number of carbonyl (C=O) groups is 2. The number of hydrogen-bond acceptors (Lipinski definition) is 5. The molecule has 2 aromatic carbocycles. The SMILES string of the molecule is C[C@H]1Cc2cc(C(=O)OCC(=O)Nc3ccccc3)ccc2N1S(C)(=O)=O. The number of amides is 1. The van der Waals surface area contributed by atoms with Gasteiger partial charge in [0.05, 0.1) is 17.5 Å². The molecule has 1 aliphatic rings. The second-order valence-electron chi connectivity index (χ2n) is 6.45. The van der Waals surface area contributed by atoms with E-state index >= 15 is 0 Å². The number of sulfonamides is 1. The van der Waals surface area contributed by atoms with Crippen LogP contribution in [0.4, 0.5) is 11.4 Å². The van der Waals surface area contributed by atoms with Gasteiger partial charge in [0.25, 0.3) is 5.91 Å². The van der Waals surface area contributed by atoms with Gasteiger partial charge in [-0.2, -0.15) is 0 Å². The summed E-state index contributed by atoms with van der Waals surface area (Å²) in [6, 6.07) is 13.4. The molecule has 1 atom stereocenters. The Kier molecular flexibility index (Phi) is 5.18. The molecule has 0 unspecified atom stereocenters. The zero-order valence-corrected chi connectivity index (χ0v) is 15.8. The quantitative estimate of drug-likeness (QED) is 0.793. The lowest BCUT2D eigenvalue weighted by Crippen LogP contribution is -2.34. The molecule has 0 bridgehead atoms. The number of para-hydroxylation sites is 1. The summed E-state index contributed by atoms with van der Waals surface area (Å²) in [6.07, 6.45) is 1.67. The van der Waals surface area contributed by atoms with Crippen LogP contribution in [-0.2, 0) is 26.0 Å². The van der Waals surface area contributed by atoms with Crippen LogP contribution in [0.5, 0.6) is 0 Å². The van der Waals surface area contributed by atoms with Crippen LogP contribution in [0.15, 0.2) is 48.5 Å². The molecule has 0 saturated heterocycles. The summed E-state index contributed by atoms with van der Waals surface area (Å²) in [5.41, 5.74) is 2.23. The van der Waals surface area contributed by atoms with Crippen LogP contribution in [0, 0.1) is 0 Å². The summed E-state index contributed by atoms with van der Waals surface area (Å²) in [6.45, 7) is 1.41. The van der Waals surface area contributed by atoms with Gasteiger partial charge in [0, 0.05) is 11.7 Å². The summed E-state index contributed by atoms with van der Waals surface area (Å²) in [5.74, 6) is -1.07. The number of nitrogens with one attached hydrogen (secondary N) is 1. The first-order valence-corrected chi connectivity index (χ1v) is 10.2. The van der Waals surface area contributed by atoms with E-state index in [4.69, 9.17) is 4.74 Å². The number of benzene rings is 2. The Labute approximate surface area is 158 Å². The average molecular weight is 388 g/mol. The van der Waals surface area contributed by atoms with E-state index in [9.17, 15) is 18.0 Å². The summed E-state index contributed by atoms with van der Waals surface area (Å²) in [7, 11) is -3.39.